The van der Waals surface area contributed by atoms with E-state index in [1.54, 1.807) is 6.20 Å². The third-order valence-electron chi connectivity index (χ3n) is 4.40. The smallest absolute Gasteiger partial charge is 0.434 e. The van der Waals surface area contributed by atoms with E-state index in [0.29, 0.717) is 29.9 Å². The van der Waals surface area contributed by atoms with Crippen molar-refractivity contribution in [2.24, 2.45) is 4.99 Å². The van der Waals surface area contributed by atoms with E-state index < -0.39 is 11.9 Å². The highest BCUT2D eigenvalue weighted by Crippen LogP contribution is 2.30. The van der Waals surface area contributed by atoms with Crippen LogP contribution in [0.4, 0.5) is 13.2 Å². The Hall–Kier alpha value is -2.36. The van der Waals surface area contributed by atoms with Crippen LogP contribution in [0, 0.1) is 0 Å². The van der Waals surface area contributed by atoms with E-state index in [-0.39, 0.29) is 12.6 Å². The van der Waals surface area contributed by atoms with Gasteiger partial charge < -0.3 is 15.4 Å². The monoisotopic (exact) mass is 427 g/mol. The van der Waals surface area contributed by atoms with Crippen LogP contribution in [0.5, 0.6) is 5.88 Å². The highest BCUT2D eigenvalue weighted by Gasteiger charge is 2.33. The molecule has 158 valence electrons. The van der Waals surface area contributed by atoms with E-state index in [2.05, 4.69) is 25.6 Å². The van der Waals surface area contributed by atoms with Gasteiger partial charge in [-0.3, -0.25) is 0 Å². The number of halogens is 3. The van der Waals surface area contributed by atoms with Crippen LogP contribution in [0.25, 0.3) is 0 Å². The van der Waals surface area contributed by atoms with Crippen molar-refractivity contribution in [3.05, 3.63) is 40.0 Å². The lowest BCUT2D eigenvalue weighted by Crippen LogP contribution is -2.36. The summed E-state index contributed by atoms with van der Waals surface area (Å²) in [4.78, 5) is 12.4. The van der Waals surface area contributed by atoms with Crippen LogP contribution in [0.3, 0.4) is 0 Å². The number of guanidine groups is 1. The molecule has 1 fully saturated rings. The maximum Gasteiger partial charge on any atom is 0.434 e. The molecule has 0 bridgehead atoms. The Morgan fingerprint density at radius 2 is 2.10 bits per heavy atom. The molecule has 2 N–H and O–H groups in total. The van der Waals surface area contributed by atoms with Gasteiger partial charge in [-0.05, 0) is 44.2 Å². The molecule has 29 heavy (non-hydrogen) atoms. The Labute approximate surface area is 171 Å². The molecule has 6 nitrogen and oxygen atoms in total. The lowest BCUT2D eigenvalue weighted by Gasteiger charge is -2.13. The van der Waals surface area contributed by atoms with Crippen molar-refractivity contribution in [1.82, 2.24) is 20.6 Å². The zero-order valence-corrected chi connectivity index (χ0v) is 16.9. The number of pyridine rings is 1. The average molecular weight is 427 g/mol. The minimum absolute atomic E-state index is 0.166. The lowest BCUT2D eigenvalue weighted by molar-refractivity contribution is -0.140. The summed E-state index contributed by atoms with van der Waals surface area (Å²) in [5.41, 5.74) is 0.0756. The molecule has 0 radical (unpaired) electrons. The Balaban J connectivity index is 1.58. The largest absolute Gasteiger partial charge is 0.474 e. The summed E-state index contributed by atoms with van der Waals surface area (Å²) < 4.78 is 43.9. The van der Waals surface area contributed by atoms with Crippen LogP contribution in [-0.2, 0) is 19.3 Å². The lowest BCUT2D eigenvalue weighted by atomic mass is 10.2. The summed E-state index contributed by atoms with van der Waals surface area (Å²) in [6.07, 6.45) is 2.01. The summed E-state index contributed by atoms with van der Waals surface area (Å²) in [7, 11) is 0. The number of aromatic nitrogens is 2. The number of aliphatic imine (C=N–C) groups is 1. The van der Waals surface area contributed by atoms with Gasteiger partial charge in [0.1, 0.15) is 11.1 Å². The SMILES string of the molecule is CCNC(=NCc1ccnc(OC2CCCC2)c1)NCc1nc(C(F)(F)F)cs1. The maximum atomic E-state index is 12.7. The van der Waals surface area contributed by atoms with Crippen LogP contribution < -0.4 is 15.4 Å². The van der Waals surface area contributed by atoms with Gasteiger partial charge in [-0.2, -0.15) is 13.2 Å². The van der Waals surface area contributed by atoms with E-state index in [0.717, 1.165) is 35.1 Å². The van der Waals surface area contributed by atoms with Gasteiger partial charge in [0.15, 0.2) is 11.7 Å². The van der Waals surface area contributed by atoms with Crippen LogP contribution in [0.2, 0.25) is 0 Å². The fourth-order valence-electron chi connectivity index (χ4n) is 2.98. The minimum Gasteiger partial charge on any atom is -0.474 e. The first-order valence-electron chi connectivity index (χ1n) is 9.59. The molecule has 0 spiro atoms. The van der Waals surface area contributed by atoms with Crippen LogP contribution >= 0.6 is 11.3 Å². The van der Waals surface area contributed by atoms with Crippen LogP contribution in [0.1, 0.15) is 48.9 Å². The van der Waals surface area contributed by atoms with Gasteiger partial charge >= 0.3 is 6.18 Å². The molecule has 0 amide bonds. The molecule has 0 aromatic carbocycles. The molecule has 3 rings (SSSR count). The Bertz CT molecular complexity index is 818. The van der Waals surface area contributed by atoms with Crippen molar-refractivity contribution in [1.29, 1.82) is 0 Å². The van der Waals surface area contributed by atoms with Crippen molar-refractivity contribution in [3.63, 3.8) is 0 Å². The molecule has 0 saturated heterocycles. The fraction of sp³-hybridized carbons (Fsp3) is 0.526. The summed E-state index contributed by atoms with van der Waals surface area (Å²) in [5, 5.41) is 7.46. The first-order valence-corrected chi connectivity index (χ1v) is 10.5. The predicted octanol–water partition coefficient (Wildman–Crippen LogP) is 4.13. The first-order chi connectivity index (χ1) is 13.9. The predicted molar refractivity (Wildman–Crippen MR) is 106 cm³/mol. The summed E-state index contributed by atoms with van der Waals surface area (Å²) in [6, 6.07) is 3.74. The van der Waals surface area contributed by atoms with Gasteiger partial charge in [-0.25, -0.2) is 15.0 Å². The molecule has 0 unspecified atom stereocenters. The van der Waals surface area contributed by atoms with E-state index in [1.165, 1.54) is 12.8 Å². The molecule has 2 heterocycles. The number of ether oxygens (including phenoxy) is 1. The summed E-state index contributed by atoms with van der Waals surface area (Å²) in [5.74, 6) is 1.11. The van der Waals surface area contributed by atoms with Crippen molar-refractivity contribution in [3.8, 4) is 5.88 Å². The van der Waals surface area contributed by atoms with E-state index in [9.17, 15) is 13.2 Å². The molecule has 1 aliphatic rings. The molecule has 0 atom stereocenters. The quantitative estimate of drug-likeness (QED) is 0.514. The van der Waals surface area contributed by atoms with E-state index >= 15 is 0 Å². The standard InChI is InChI=1S/C19H24F3N5OS/c1-2-23-18(26-11-17-27-15(12-29-17)19(20,21)22)25-10-13-7-8-24-16(9-13)28-14-5-3-4-6-14/h7-9,12,14H,2-6,10-11H2,1H3,(H2,23,25,26). The normalized spacial score (nSPS) is 15.5. The number of alkyl halides is 3. The van der Waals surface area contributed by atoms with Crippen molar-refractivity contribution < 1.29 is 17.9 Å². The van der Waals surface area contributed by atoms with Gasteiger partial charge in [0, 0.05) is 24.2 Å². The van der Waals surface area contributed by atoms with Crippen molar-refractivity contribution in [2.45, 2.75) is 58.0 Å². The summed E-state index contributed by atoms with van der Waals surface area (Å²) >= 11 is 0.967. The molecule has 1 aliphatic carbocycles. The molecule has 0 aliphatic heterocycles. The number of hydrogen-bond donors (Lipinski definition) is 2. The van der Waals surface area contributed by atoms with Gasteiger partial charge in [-0.1, -0.05) is 0 Å². The topological polar surface area (TPSA) is 71.4 Å². The molecular formula is C19H24F3N5OS. The zero-order valence-electron chi connectivity index (χ0n) is 16.1. The van der Waals surface area contributed by atoms with Gasteiger partial charge in [0.2, 0.25) is 5.88 Å². The Kier molecular flexibility index (Phi) is 7.29. The number of hydrogen-bond acceptors (Lipinski definition) is 5. The Morgan fingerprint density at radius 1 is 1.31 bits per heavy atom. The van der Waals surface area contributed by atoms with Gasteiger partial charge in [-0.15, -0.1) is 11.3 Å². The molecule has 2 aromatic rings. The molecule has 1 saturated carbocycles. The molecule has 10 heteroatoms. The third kappa shape index (κ3) is 6.59. The van der Waals surface area contributed by atoms with Crippen LogP contribution in [-0.4, -0.2) is 28.6 Å². The second-order valence-corrected chi connectivity index (χ2v) is 7.64. The molecule has 2 aromatic heterocycles. The average Bonchev–Trinajstić information content (AvgIpc) is 3.36. The zero-order chi connectivity index (χ0) is 20.7. The fourth-order valence-corrected chi connectivity index (χ4v) is 3.72. The maximum absolute atomic E-state index is 12.7. The van der Waals surface area contributed by atoms with Gasteiger partial charge in [0.05, 0.1) is 13.1 Å². The first kappa shape index (κ1) is 21.4. The minimum atomic E-state index is -4.42. The van der Waals surface area contributed by atoms with Crippen molar-refractivity contribution >= 4 is 17.3 Å². The Morgan fingerprint density at radius 3 is 2.79 bits per heavy atom. The van der Waals surface area contributed by atoms with Crippen molar-refractivity contribution in [2.75, 3.05) is 6.54 Å². The second kappa shape index (κ2) is 9.91. The number of rotatable bonds is 7. The summed E-state index contributed by atoms with van der Waals surface area (Å²) in [6.45, 7) is 3.11. The number of nitrogens with zero attached hydrogens (tertiary/aromatic N) is 3. The van der Waals surface area contributed by atoms with E-state index in [4.69, 9.17) is 4.74 Å². The van der Waals surface area contributed by atoms with E-state index in [1.807, 2.05) is 19.1 Å². The number of nitrogens with one attached hydrogen (secondary N) is 2. The van der Waals surface area contributed by atoms with Crippen LogP contribution in [0.15, 0.2) is 28.7 Å². The van der Waals surface area contributed by atoms with Gasteiger partial charge in [0.25, 0.3) is 0 Å². The number of thiazole rings is 1. The highest BCUT2D eigenvalue weighted by molar-refractivity contribution is 7.09. The molecular weight excluding hydrogens is 403 g/mol. The third-order valence-corrected chi connectivity index (χ3v) is 5.25. The second-order valence-electron chi connectivity index (χ2n) is 6.70. The highest BCUT2D eigenvalue weighted by atomic mass is 32.1.